The van der Waals surface area contributed by atoms with E-state index < -0.39 is 15.7 Å². The maximum absolute atomic E-state index is 12.0. The molecule has 3 aromatic carbocycles. The van der Waals surface area contributed by atoms with E-state index >= 15 is 0 Å². The van der Waals surface area contributed by atoms with Crippen LogP contribution in [-0.4, -0.2) is 43.9 Å². The minimum atomic E-state index is -3.47. The Morgan fingerprint density at radius 3 is 1.82 bits per heavy atom. The highest BCUT2D eigenvalue weighted by Crippen LogP contribution is 2.41. The number of nitrogens with one attached hydrogen (secondary N) is 2. The highest BCUT2D eigenvalue weighted by Gasteiger charge is 2.38. The standard InChI is InChI=1S/C29H32N4O4S/c1-33-28(27(26(22-34)32-33)30-20-12-13-21-37-38(2,35)36)31-29(23-14-6-3-7-15-23,24-16-8-4-9-17-24)25-18-10-5-11-19-25/h3-11,14-19,22,30-31H,12-13,20-21H2,1-2H3. The Labute approximate surface area is 223 Å². The van der Waals surface area contributed by atoms with Crippen LogP contribution in [0.15, 0.2) is 91.0 Å². The van der Waals surface area contributed by atoms with E-state index in [1.54, 1.807) is 11.7 Å². The van der Waals surface area contributed by atoms with Crippen molar-refractivity contribution in [3.8, 4) is 0 Å². The molecule has 0 spiro atoms. The summed E-state index contributed by atoms with van der Waals surface area (Å²) in [7, 11) is -1.67. The smallest absolute Gasteiger partial charge is 0.264 e. The number of hydrogen-bond donors (Lipinski definition) is 2. The van der Waals surface area contributed by atoms with Crippen molar-refractivity contribution in [3.05, 3.63) is 113 Å². The Morgan fingerprint density at radius 2 is 1.37 bits per heavy atom. The molecule has 4 rings (SSSR count). The maximum Gasteiger partial charge on any atom is 0.264 e. The zero-order chi connectivity index (χ0) is 27.0. The first-order valence-corrected chi connectivity index (χ1v) is 14.2. The highest BCUT2D eigenvalue weighted by molar-refractivity contribution is 7.85. The second kappa shape index (κ2) is 12.1. The van der Waals surface area contributed by atoms with Crippen LogP contribution in [0.25, 0.3) is 0 Å². The number of carbonyl (C=O) groups is 1. The highest BCUT2D eigenvalue weighted by atomic mass is 32.2. The van der Waals surface area contributed by atoms with Gasteiger partial charge in [0.05, 0.1) is 12.9 Å². The first-order valence-electron chi connectivity index (χ1n) is 12.4. The SMILES string of the molecule is Cn1nc(C=O)c(NCCCCOS(C)(=O)=O)c1NC(c1ccccc1)(c1ccccc1)c1ccccc1. The van der Waals surface area contributed by atoms with Crippen LogP contribution < -0.4 is 10.6 Å². The van der Waals surface area contributed by atoms with Gasteiger partial charge in [0.25, 0.3) is 10.1 Å². The Balaban J connectivity index is 1.75. The molecule has 0 radical (unpaired) electrons. The molecule has 0 fully saturated rings. The number of benzene rings is 3. The normalized spacial score (nSPS) is 11.7. The van der Waals surface area contributed by atoms with Crippen molar-refractivity contribution >= 4 is 27.9 Å². The number of aryl methyl sites for hydroxylation is 1. The molecule has 38 heavy (non-hydrogen) atoms. The zero-order valence-electron chi connectivity index (χ0n) is 21.5. The van der Waals surface area contributed by atoms with Crippen molar-refractivity contribution in [2.24, 2.45) is 7.05 Å². The minimum Gasteiger partial charge on any atom is -0.380 e. The van der Waals surface area contributed by atoms with Crippen molar-refractivity contribution in [1.82, 2.24) is 9.78 Å². The predicted molar refractivity (Wildman–Crippen MR) is 150 cm³/mol. The van der Waals surface area contributed by atoms with Crippen molar-refractivity contribution < 1.29 is 17.4 Å². The van der Waals surface area contributed by atoms with E-state index in [0.717, 1.165) is 29.2 Å². The molecular weight excluding hydrogens is 500 g/mol. The molecule has 198 valence electrons. The molecule has 0 aliphatic carbocycles. The van der Waals surface area contributed by atoms with Gasteiger partial charge < -0.3 is 10.6 Å². The van der Waals surface area contributed by atoms with Crippen molar-refractivity contribution in [2.75, 3.05) is 30.0 Å². The predicted octanol–water partition coefficient (Wildman–Crippen LogP) is 4.80. The number of carbonyl (C=O) groups excluding carboxylic acids is 1. The number of aromatic nitrogens is 2. The molecule has 0 bridgehead atoms. The van der Waals surface area contributed by atoms with Crippen LogP contribution in [-0.2, 0) is 26.9 Å². The lowest BCUT2D eigenvalue weighted by Crippen LogP contribution is -2.39. The molecule has 0 atom stereocenters. The molecule has 0 saturated heterocycles. The number of unbranched alkanes of at least 4 members (excludes halogenated alkanes) is 1. The summed E-state index contributed by atoms with van der Waals surface area (Å²) >= 11 is 0. The van der Waals surface area contributed by atoms with E-state index in [2.05, 4.69) is 52.1 Å². The number of hydrogen-bond acceptors (Lipinski definition) is 7. The summed E-state index contributed by atoms with van der Waals surface area (Å²) in [6, 6.07) is 30.5. The Morgan fingerprint density at radius 1 is 0.868 bits per heavy atom. The quantitative estimate of drug-likeness (QED) is 0.110. The largest absolute Gasteiger partial charge is 0.380 e. The molecule has 2 N–H and O–H groups in total. The van der Waals surface area contributed by atoms with Gasteiger partial charge in [-0.05, 0) is 29.5 Å². The Bertz CT molecular complexity index is 1340. The topological polar surface area (TPSA) is 102 Å². The molecule has 9 heteroatoms. The monoisotopic (exact) mass is 532 g/mol. The third kappa shape index (κ3) is 6.12. The van der Waals surface area contributed by atoms with Crippen molar-refractivity contribution in [2.45, 2.75) is 18.4 Å². The molecule has 0 amide bonds. The molecule has 8 nitrogen and oxygen atoms in total. The molecule has 0 unspecified atom stereocenters. The average Bonchev–Trinajstić information content (AvgIpc) is 3.23. The van der Waals surface area contributed by atoms with Gasteiger partial charge in [0.1, 0.15) is 17.0 Å². The third-order valence-corrected chi connectivity index (χ3v) is 6.88. The van der Waals surface area contributed by atoms with Gasteiger partial charge in [-0.3, -0.25) is 13.7 Å². The van der Waals surface area contributed by atoms with Crippen LogP contribution in [0.2, 0.25) is 0 Å². The van der Waals surface area contributed by atoms with Gasteiger partial charge in [-0.1, -0.05) is 91.0 Å². The van der Waals surface area contributed by atoms with Crippen molar-refractivity contribution in [1.29, 1.82) is 0 Å². The summed E-state index contributed by atoms with van der Waals surface area (Å²) in [6.45, 7) is 0.613. The van der Waals surface area contributed by atoms with Crippen LogP contribution in [0.1, 0.15) is 40.0 Å². The van der Waals surface area contributed by atoms with E-state index in [1.165, 1.54) is 0 Å². The molecule has 0 saturated carbocycles. The Kier molecular flexibility index (Phi) is 8.60. The Hall–Kier alpha value is -3.95. The molecule has 1 heterocycles. The lowest BCUT2D eigenvalue weighted by molar-refractivity contribution is 0.111. The first kappa shape index (κ1) is 27.1. The van der Waals surface area contributed by atoms with Gasteiger partial charge in [-0.15, -0.1) is 0 Å². The van der Waals surface area contributed by atoms with Gasteiger partial charge >= 0.3 is 0 Å². The van der Waals surface area contributed by atoms with Gasteiger partial charge in [-0.2, -0.15) is 13.5 Å². The summed E-state index contributed by atoms with van der Waals surface area (Å²) in [5.74, 6) is 0.649. The van der Waals surface area contributed by atoms with Gasteiger partial charge in [0.15, 0.2) is 12.0 Å². The van der Waals surface area contributed by atoms with E-state index in [4.69, 9.17) is 4.18 Å². The van der Waals surface area contributed by atoms with E-state index in [9.17, 15) is 13.2 Å². The number of rotatable bonds is 13. The number of aldehydes is 1. The van der Waals surface area contributed by atoms with Crippen molar-refractivity contribution in [3.63, 3.8) is 0 Å². The van der Waals surface area contributed by atoms with E-state index in [1.807, 2.05) is 54.6 Å². The fourth-order valence-electron chi connectivity index (χ4n) is 4.55. The van der Waals surface area contributed by atoms with Gasteiger partial charge in [-0.25, -0.2) is 0 Å². The van der Waals surface area contributed by atoms with Crippen LogP contribution in [0.4, 0.5) is 11.5 Å². The fraction of sp³-hybridized carbons (Fsp3) is 0.241. The van der Waals surface area contributed by atoms with Crippen LogP contribution in [0.3, 0.4) is 0 Å². The van der Waals surface area contributed by atoms with Crippen LogP contribution in [0.5, 0.6) is 0 Å². The van der Waals surface area contributed by atoms with Gasteiger partial charge in [0, 0.05) is 13.6 Å². The fourth-order valence-corrected chi connectivity index (χ4v) is 4.97. The summed E-state index contributed by atoms with van der Waals surface area (Å²) < 4.78 is 28.9. The molecule has 0 aliphatic heterocycles. The van der Waals surface area contributed by atoms with Gasteiger partial charge in [0.2, 0.25) is 0 Å². The minimum absolute atomic E-state index is 0.109. The first-order chi connectivity index (χ1) is 18.3. The second-order valence-electron chi connectivity index (χ2n) is 8.98. The molecule has 0 aliphatic rings. The summed E-state index contributed by atoms with van der Waals surface area (Å²) in [5, 5.41) is 11.6. The van der Waals surface area contributed by atoms with E-state index in [0.29, 0.717) is 30.9 Å². The molecular formula is C29H32N4O4S. The van der Waals surface area contributed by atoms with E-state index in [-0.39, 0.29) is 12.3 Å². The summed E-state index contributed by atoms with van der Waals surface area (Å²) in [6.07, 6.45) is 2.95. The molecule has 4 aromatic rings. The lowest BCUT2D eigenvalue weighted by Gasteiger charge is -2.38. The maximum atomic E-state index is 12.0. The van der Waals surface area contributed by atoms with Crippen LogP contribution >= 0.6 is 0 Å². The van der Waals surface area contributed by atoms with Crippen LogP contribution in [0, 0.1) is 0 Å². The average molecular weight is 533 g/mol. The summed E-state index contributed by atoms with van der Waals surface area (Å²) in [4.78, 5) is 12.0. The zero-order valence-corrected chi connectivity index (χ0v) is 22.3. The summed E-state index contributed by atoms with van der Waals surface area (Å²) in [5.41, 5.74) is 3.14. The third-order valence-electron chi connectivity index (χ3n) is 6.28. The number of nitrogens with zero attached hydrogens (tertiary/aromatic N) is 2. The number of anilines is 2. The lowest BCUT2D eigenvalue weighted by atomic mass is 9.77. The second-order valence-corrected chi connectivity index (χ2v) is 10.6. The molecule has 1 aromatic heterocycles.